The van der Waals surface area contributed by atoms with E-state index in [4.69, 9.17) is 0 Å². The lowest BCUT2D eigenvalue weighted by Crippen LogP contribution is -2.38. The fraction of sp³-hybridized carbons (Fsp3) is 0.400. The Morgan fingerprint density at radius 1 is 0.742 bits per heavy atom. The van der Waals surface area contributed by atoms with Crippen LogP contribution in [0.4, 0.5) is 11.4 Å². The summed E-state index contributed by atoms with van der Waals surface area (Å²) in [7, 11) is 0. The van der Waals surface area contributed by atoms with Gasteiger partial charge in [0.1, 0.15) is 0 Å². The molecule has 0 unspecified atom stereocenters. The highest BCUT2D eigenvalue weighted by atomic mass is 15.2. The van der Waals surface area contributed by atoms with Crippen molar-refractivity contribution in [2.45, 2.75) is 79.2 Å². The summed E-state index contributed by atoms with van der Waals surface area (Å²) < 4.78 is 0. The zero-order chi connectivity index (χ0) is 22.7. The molecule has 31 heavy (non-hydrogen) atoms. The number of benzene rings is 3. The predicted molar refractivity (Wildman–Crippen MR) is 136 cm³/mol. The van der Waals surface area contributed by atoms with Gasteiger partial charge in [0.25, 0.3) is 0 Å². The number of rotatable bonds is 3. The van der Waals surface area contributed by atoms with Crippen molar-refractivity contribution < 1.29 is 0 Å². The first-order valence-electron chi connectivity index (χ1n) is 11.6. The van der Waals surface area contributed by atoms with Crippen LogP contribution in [-0.4, -0.2) is 5.54 Å². The molecular weight excluding hydrogens is 374 g/mol. The third-order valence-corrected chi connectivity index (χ3v) is 6.95. The van der Waals surface area contributed by atoms with Gasteiger partial charge in [-0.1, -0.05) is 70.2 Å². The number of nitrogens with zero attached hydrogens (tertiary/aromatic N) is 1. The maximum atomic E-state index is 2.52. The molecule has 1 aliphatic rings. The van der Waals surface area contributed by atoms with E-state index in [1.54, 1.807) is 0 Å². The molecule has 1 nitrogen and oxygen atoms in total. The molecular formula is C30H37N. The molecule has 3 aromatic rings. The first-order valence-corrected chi connectivity index (χ1v) is 11.6. The standard InChI is InChI=1S/C30H37N/c1-19(2)22-14-15-25-23(17-22)24-18-28(21(4)16-26(24)30(25,8)9)31(29(5,6)7)27-13-11-10-12-20(27)3/h10-19H,1-9H3. The molecule has 4 rings (SSSR count). The van der Waals surface area contributed by atoms with Crippen molar-refractivity contribution in [2.24, 2.45) is 0 Å². The van der Waals surface area contributed by atoms with Crippen molar-refractivity contribution in [3.8, 4) is 11.1 Å². The van der Waals surface area contributed by atoms with Gasteiger partial charge in [0.05, 0.1) is 0 Å². The molecule has 1 heteroatoms. The zero-order valence-electron chi connectivity index (χ0n) is 20.7. The lowest BCUT2D eigenvalue weighted by Gasteiger charge is -2.40. The smallest absolute Gasteiger partial charge is 0.0451 e. The fourth-order valence-electron chi connectivity index (χ4n) is 5.18. The monoisotopic (exact) mass is 411 g/mol. The number of hydrogen-bond donors (Lipinski definition) is 0. The second-order valence-electron chi connectivity index (χ2n) is 11.1. The molecule has 0 amide bonds. The first kappa shape index (κ1) is 21.7. The van der Waals surface area contributed by atoms with Crippen LogP contribution in [0.25, 0.3) is 11.1 Å². The highest BCUT2D eigenvalue weighted by Crippen LogP contribution is 2.52. The van der Waals surface area contributed by atoms with E-state index in [9.17, 15) is 0 Å². The highest BCUT2D eigenvalue weighted by molar-refractivity contribution is 5.86. The maximum absolute atomic E-state index is 2.52. The van der Waals surface area contributed by atoms with Crippen LogP contribution < -0.4 is 4.90 Å². The molecule has 0 aliphatic heterocycles. The van der Waals surface area contributed by atoms with E-state index >= 15 is 0 Å². The van der Waals surface area contributed by atoms with Crippen LogP contribution in [0.1, 0.15) is 82.2 Å². The van der Waals surface area contributed by atoms with Gasteiger partial charge in [-0.2, -0.15) is 0 Å². The minimum Gasteiger partial charge on any atom is -0.336 e. The lowest BCUT2D eigenvalue weighted by molar-refractivity contribution is 0.558. The van der Waals surface area contributed by atoms with E-state index in [2.05, 4.69) is 122 Å². The average molecular weight is 412 g/mol. The highest BCUT2D eigenvalue weighted by Gasteiger charge is 2.37. The Balaban J connectivity index is 1.99. The van der Waals surface area contributed by atoms with Crippen LogP contribution in [0.3, 0.4) is 0 Å². The summed E-state index contributed by atoms with van der Waals surface area (Å²) in [4.78, 5) is 2.52. The van der Waals surface area contributed by atoms with E-state index in [0.717, 1.165) is 0 Å². The number of para-hydroxylation sites is 1. The van der Waals surface area contributed by atoms with Gasteiger partial charge in [0.15, 0.2) is 0 Å². The van der Waals surface area contributed by atoms with Crippen LogP contribution in [0, 0.1) is 13.8 Å². The summed E-state index contributed by atoms with van der Waals surface area (Å²) in [5.74, 6) is 0.528. The molecule has 162 valence electrons. The summed E-state index contributed by atoms with van der Waals surface area (Å²) in [6, 6.07) is 20.8. The summed E-state index contributed by atoms with van der Waals surface area (Å²) in [6.07, 6.45) is 0. The molecule has 0 bridgehead atoms. The molecule has 0 atom stereocenters. The fourth-order valence-corrected chi connectivity index (χ4v) is 5.18. The summed E-state index contributed by atoms with van der Waals surface area (Å²) in [5, 5.41) is 0. The molecule has 0 saturated carbocycles. The minimum absolute atomic E-state index is 0.0265. The van der Waals surface area contributed by atoms with Crippen LogP contribution in [0.5, 0.6) is 0 Å². The summed E-state index contributed by atoms with van der Waals surface area (Å²) in [6.45, 7) is 20.7. The van der Waals surface area contributed by atoms with Crippen LogP contribution in [-0.2, 0) is 5.41 Å². The third kappa shape index (κ3) is 3.49. The van der Waals surface area contributed by atoms with Crippen molar-refractivity contribution in [1.82, 2.24) is 0 Å². The van der Waals surface area contributed by atoms with E-state index in [0.29, 0.717) is 5.92 Å². The molecule has 0 spiro atoms. The van der Waals surface area contributed by atoms with Gasteiger partial charge in [-0.3, -0.25) is 0 Å². The van der Waals surface area contributed by atoms with Crippen molar-refractivity contribution in [1.29, 1.82) is 0 Å². The predicted octanol–water partition coefficient (Wildman–Crippen LogP) is 8.67. The van der Waals surface area contributed by atoms with Crippen LogP contribution >= 0.6 is 0 Å². The topological polar surface area (TPSA) is 3.24 Å². The largest absolute Gasteiger partial charge is 0.336 e. The second-order valence-corrected chi connectivity index (χ2v) is 11.1. The Kier molecular flexibility index (Phi) is 5.08. The van der Waals surface area contributed by atoms with Gasteiger partial charge >= 0.3 is 0 Å². The Morgan fingerprint density at radius 3 is 2.00 bits per heavy atom. The molecule has 0 saturated heterocycles. The Hall–Kier alpha value is -2.54. The molecule has 0 radical (unpaired) electrons. The van der Waals surface area contributed by atoms with Crippen molar-refractivity contribution in [3.05, 3.63) is 82.4 Å². The van der Waals surface area contributed by atoms with E-state index < -0.39 is 0 Å². The molecule has 0 N–H and O–H groups in total. The van der Waals surface area contributed by atoms with Crippen molar-refractivity contribution >= 4 is 11.4 Å². The lowest BCUT2D eigenvalue weighted by atomic mass is 9.81. The normalized spacial score (nSPS) is 14.5. The molecule has 0 fully saturated rings. The maximum Gasteiger partial charge on any atom is 0.0451 e. The van der Waals surface area contributed by atoms with Gasteiger partial charge < -0.3 is 4.90 Å². The zero-order valence-corrected chi connectivity index (χ0v) is 20.7. The molecule has 0 heterocycles. The van der Waals surface area contributed by atoms with Gasteiger partial charge in [-0.15, -0.1) is 0 Å². The second kappa shape index (κ2) is 7.26. The summed E-state index contributed by atoms with van der Waals surface area (Å²) in [5.41, 5.74) is 12.3. The van der Waals surface area contributed by atoms with Crippen LogP contribution in [0.15, 0.2) is 54.6 Å². The number of fused-ring (bicyclic) bond motifs is 3. The van der Waals surface area contributed by atoms with E-state index in [-0.39, 0.29) is 11.0 Å². The number of anilines is 2. The van der Waals surface area contributed by atoms with E-state index in [1.165, 1.54) is 50.3 Å². The summed E-state index contributed by atoms with van der Waals surface area (Å²) >= 11 is 0. The van der Waals surface area contributed by atoms with Gasteiger partial charge in [0.2, 0.25) is 0 Å². The van der Waals surface area contributed by atoms with Crippen molar-refractivity contribution in [3.63, 3.8) is 0 Å². The Labute approximate surface area is 189 Å². The first-order chi connectivity index (χ1) is 14.4. The SMILES string of the molecule is Cc1ccccc1N(c1cc2c(cc1C)C(C)(C)c1ccc(C(C)C)cc1-2)C(C)(C)C. The molecule has 3 aromatic carbocycles. The Bertz CT molecular complexity index is 1140. The number of hydrogen-bond acceptors (Lipinski definition) is 1. The average Bonchev–Trinajstić information content (AvgIpc) is 2.89. The third-order valence-electron chi connectivity index (χ3n) is 6.95. The van der Waals surface area contributed by atoms with Crippen molar-refractivity contribution in [2.75, 3.05) is 4.90 Å². The Morgan fingerprint density at radius 2 is 1.39 bits per heavy atom. The van der Waals surface area contributed by atoms with Gasteiger partial charge in [0, 0.05) is 22.3 Å². The van der Waals surface area contributed by atoms with Gasteiger partial charge in [-0.25, -0.2) is 0 Å². The van der Waals surface area contributed by atoms with E-state index in [1.807, 2.05) is 0 Å². The molecule has 1 aliphatic carbocycles. The number of aryl methyl sites for hydroxylation is 2. The molecule has 0 aromatic heterocycles. The van der Waals surface area contributed by atoms with Crippen LogP contribution in [0.2, 0.25) is 0 Å². The quantitative estimate of drug-likeness (QED) is 0.417. The van der Waals surface area contributed by atoms with Gasteiger partial charge in [-0.05, 0) is 91.6 Å². The minimum atomic E-state index is -0.0398.